The summed E-state index contributed by atoms with van der Waals surface area (Å²) in [5, 5.41) is 4.00. The molecular formula is C22H19N3O5. The van der Waals surface area contributed by atoms with E-state index in [1.165, 1.54) is 7.11 Å². The number of methoxy groups -OCH3 is 2. The molecule has 8 heteroatoms. The Bertz CT molecular complexity index is 1130. The summed E-state index contributed by atoms with van der Waals surface area (Å²) in [6.45, 7) is 0. The van der Waals surface area contributed by atoms with Gasteiger partial charge in [0.1, 0.15) is 5.75 Å². The third kappa shape index (κ3) is 4.22. The van der Waals surface area contributed by atoms with Crippen LogP contribution in [0.25, 0.3) is 22.7 Å². The summed E-state index contributed by atoms with van der Waals surface area (Å²) in [6, 6.07) is 14.4. The van der Waals surface area contributed by atoms with Crippen molar-refractivity contribution in [1.82, 2.24) is 15.1 Å². The number of oxazole rings is 1. The highest BCUT2D eigenvalue weighted by Crippen LogP contribution is 2.24. The molecule has 4 rings (SSSR count). The van der Waals surface area contributed by atoms with Crippen molar-refractivity contribution in [1.29, 1.82) is 0 Å². The van der Waals surface area contributed by atoms with Crippen molar-refractivity contribution in [3.63, 3.8) is 0 Å². The second-order valence-corrected chi connectivity index (χ2v) is 6.43. The van der Waals surface area contributed by atoms with Gasteiger partial charge in [-0.25, -0.2) is 9.78 Å². The maximum atomic E-state index is 11.5. The Hall–Kier alpha value is -3.94. The van der Waals surface area contributed by atoms with Crippen molar-refractivity contribution < 1.29 is 23.2 Å². The van der Waals surface area contributed by atoms with Gasteiger partial charge in [0.15, 0.2) is 11.7 Å². The number of benzene rings is 2. The first-order chi connectivity index (χ1) is 14.7. The van der Waals surface area contributed by atoms with Crippen LogP contribution in [-0.4, -0.2) is 35.3 Å². The molecule has 0 saturated carbocycles. The number of carbonyl (C=O) groups is 1. The fourth-order valence-electron chi connectivity index (χ4n) is 2.88. The summed E-state index contributed by atoms with van der Waals surface area (Å²) in [7, 11) is 2.97. The summed E-state index contributed by atoms with van der Waals surface area (Å²) in [5.74, 6) is 2.59. The van der Waals surface area contributed by atoms with Gasteiger partial charge in [-0.3, -0.25) is 0 Å². The van der Waals surface area contributed by atoms with Gasteiger partial charge in [-0.1, -0.05) is 17.3 Å². The highest BCUT2D eigenvalue weighted by Gasteiger charge is 2.13. The van der Waals surface area contributed by atoms with Crippen LogP contribution in [0.1, 0.15) is 22.1 Å². The SMILES string of the molecule is COC(=O)c1ccc(-c2noc(CCc3ncc(-c4ccc(OC)cc4)o3)n2)cc1. The van der Waals surface area contributed by atoms with E-state index in [4.69, 9.17) is 18.4 Å². The van der Waals surface area contributed by atoms with Gasteiger partial charge in [0.2, 0.25) is 11.7 Å². The Morgan fingerprint density at radius 1 is 0.933 bits per heavy atom. The second kappa shape index (κ2) is 8.60. The van der Waals surface area contributed by atoms with Crippen LogP contribution in [-0.2, 0) is 17.6 Å². The smallest absolute Gasteiger partial charge is 0.337 e. The van der Waals surface area contributed by atoms with Gasteiger partial charge in [0, 0.05) is 24.0 Å². The van der Waals surface area contributed by atoms with Gasteiger partial charge in [-0.15, -0.1) is 0 Å². The average Bonchev–Trinajstić information content (AvgIpc) is 3.47. The molecule has 0 amide bonds. The normalized spacial score (nSPS) is 10.7. The second-order valence-electron chi connectivity index (χ2n) is 6.43. The number of esters is 1. The molecule has 0 aliphatic carbocycles. The third-order valence-corrected chi connectivity index (χ3v) is 4.51. The predicted octanol–water partition coefficient (Wildman–Crippen LogP) is 3.97. The maximum absolute atomic E-state index is 11.5. The van der Waals surface area contributed by atoms with Gasteiger partial charge in [0.25, 0.3) is 0 Å². The molecule has 4 aromatic rings. The molecule has 0 fully saturated rings. The van der Waals surface area contributed by atoms with E-state index in [9.17, 15) is 4.79 Å². The van der Waals surface area contributed by atoms with Crippen LogP contribution in [0, 0.1) is 0 Å². The maximum Gasteiger partial charge on any atom is 0.337 e. The standard InChI is InChI=1S/C22H19N3O5/c1-27-17-9-7-14(8-10-17)18-13-23-19(29-18)11-12-20-24-21(25-30-20)15-3-5-16(6-4-15)22(26)28-2/h3-10,13H,11-12H2,1-2H3. The summed E-state index contributed by atoms with van der Waals surface area (Å²) >= 11 is 0. The van der Waals surface area contributed by atoms with E-state index in [2.05, 4.69) is 15.1 Å². The average molecular weight is 405 g/mol. The fourth-order valence-corrected chi connectivity index (χ4v) is 2.88. The molecule has 0 atom stereocenters. The van der Waals surface area contributed by atoms with E-state index in [0.717, 1.165) is 16.9 Å². The third-order valence-electron chi connectivity index (χ3n) is 4.51. The Balaban J connectivity index is 1.39. The van der Waals surface area contributed by atoms with E-state index in [1.54, 1.807) is 37.6 Å². The van der Waals surface area contributed by atoms with E-state index in [0.29, 0.717) is 41.8 Å². The van der Waals surface area contributed by atoms with Crippen molar-refractivity contribution >= 4 is 5.97 Å². The number of nitrogens with zero attached hydrogens (tertiary/aromatic N) is 3. The number of hydrogen-bond acceptors (Lipinski definition) is 8. The van der Waals surface area contributed by atoms with Crippen molar-refractivity contribution in [2.45, 2.75) is 12.8 Å². The van der Waals surface area contributed by atoms with Crippen LogP contribution in [0.4, 0.5) is 0 Å². The molecule has 30 heavy (non-hydrogen) atoms. The minimum absolute atomic E-state index is 0.393. The minimum Gasteiger partial charge on any atom is -0.497 e. The van der Waals surface area contributed by atoms with Gasteiger partial charge >= 0.3 is 5.97 Å². The number of rotatable bonds is 7. The van der Waals surface area contributed by atoms with Crippen molar-refractivity contribution in [2.75, 3.05) is 14.2 Å². The summed E-state index contributed by atoms with van der Waals surface area (Å²) in [4.78, 5) is 20.2. The Kier molecular flexibility index (Phi) is 5.56. The van der Waals surface area contributed by atoms with Crippen LogP contribution < -0.4 is 4.74 Å². The van der Waals surface area contributed by atoms with E-state index >= 15 is 0 Å². The quantitative estimate of drug-likeness (QED) is 0.426. The number of aryl methyl sites for hydroxylation is 2. The zero-order valence-electron chi connectivity index (χ0n) is 16.5. The van der Waals surface area contributed by atoms with Crippen LogP contribution in [0.2, 0.25) is 0 Å². The molecule has 0 saturated heterocycles. The molecule has 0 bridgehead atoms. The highest BCUT2D eigenvalue weighted by molar-refractivity contribution is 5.89. The predicted molar refractivity (Wildman–Crippen MR) is 107 cm³/mol. The molecule has 8 nitrogen and oxygen atoms in total. The van der Waals surface area contributed by atoms with Crippen LogP contribution in [0.15, 0.2) is 63.7 Å². The molecule has 2 aromatic heterocycles. The first-order valence-corrected chi connectivity index (χ1v) is 9.26. The van der Waals surface area contributed by atoms with E-state index in [1.807, 2.05) is 24.3 Å². The zero-order valence-corrected chi connectivity index (χ0v) is 16.5. The lowest BCUT2D eigenvalue weighted by molar-refractivity contribution is 0.0600. The lowest BCUT2D eigenvalue weighted by Crippen LogP contribution is -2.00. The molecule has 0 radical (unpaired) electrons. The summed E-state index contributed by atoms with van der Waals surface area (Å²) in [6.07, 6.45) is 2.72. The monoisotopic (exact) mass is 405 g/mol. The van der Waals surface area contributed by atoms with Gasteiger partial charge in [-0.2, -0.15) is 4.98 Å². The van der Waals surface area contributed by atoms with Crippen molar-refractivity contribution in [3.05, 3.63) is 72.1 Å². The number of ether oxygens (including phenoxy) is 2. The zero-order chi connectivity index (χ0) is 20.9. The van der Waals surface area contributed by atoms with Gasteiger partial charge in [-0.05, 0) is 36.4 Å². The van der Waals surface area contributed by atoms with Gasteiger partial charge < -0.3 is 18.4 Å². The molecule has 0 aliphatic rings. The van der Waals surface area contributed by atoms with Crippen molar-refractivity contribution in [2.24, 2.45) is 0 Å². The molecular weight excluding hydrogens is 386 g/mol. The van der Waals surface area contributed by atoms with Crippen LogP contribution in [0.3, 0.4) is 0 Å². The lowest BCUT2D eigenvalue weighted by Gasteiger charge is -2.00. The molecule has 2 aromatic carbocycles. The molecule has 0 spiro atoms. The first kappa shape index (κ1) is 19.4. The molecule has 0 unspecified atom stereocenters. The lowest BCUT2D eigenvalue weighted by atomic mass is 10.1. The molecule has 0 aliphatic heterocycles. The summed E-state index contributed by atoms with van der Waals surface area (Å²) in [5.41, 5.74) is 2.13. The molecule has 152 valence electrons. The summed E-state index contributed by atoms with van der Waals surface area (Å²) < 4.78 is 21.0. The Morgan fingerprint density at radius 3 is 2.33 bits per heavy atom. The van der Waals surface area contributed by atoms with Crippen LogP contribution in [0.5, 0.6) is 5.75 Å². The molecule has 2 heterocycles. The van der Waals surface area contributed by atoms with E-state index < -0.39 is 5.97 Å². The fraction of sp³-hybridized carbons (Fsp3) is 0.182. The minimum atomic E-state index is -0.393. The largest absolute Gasteiger partial charge is 0.497 e. The Morgan fingerprint density at radius 2 is 1.63 bits per heavy atom. The Labute approximate surface area is 172 Å². The molecule has 0 N–H and O–H groups in total. The number of aromatic nitrogens is 3. The van der Waals surface area contributed by atoms with Crippen LogP contribution >= 0.6 is 0 Å². The van der Waals surface area contributed by atoms with Gasteiger partial charge in [0.05, 0.1) is 26.0 Å². The first-order valence-electron chi connectivity index (χ1n) is 9.26. The number of carbonyl (C=O) groups excluding carboxylic acids is 1. The highest BCUT2D eigenvalue weighted by atomic mass is 16.5. The number of hydrogen-bond donors (Lipinski definition) is 0. The topological polar surface area (TPSA) is 100 Å². The van der Waals surface area contributed by atoms with Crippen molar-refractivity contribution in [3.8, 4) is 28.5 Å². The van der Waals surface area contributed by atoms with E-state index in [-0.39, 0.29) is 0 Å².